The van der Waals surface area contributed by atoms with Crippen molar-refractivity contribution in [2.45, 2.75) is 90.2 Å². The lowest BCUT2D eigenvalue weighted by atomic mass is 9.97. The molecule has 2 atom stereocenters. The summed E-state index contributed by atoms with van der Waals surface area (Å²) in [5, 5.41) is 4.06. The van der Waals surface area contributed by atoms with Crippen LogP contribution in [0.15, 0.2) is 18.2 Å². The zero-order valence-electron chi connectivity index (χ0n) is 21.6. The fourth-order valence-corrected chi connectivity index (χ4v) is 4.71. The van der Waals surface area contributed by atoms with Gasteiger partial charge in [-0.05, 0) is 64.0 Å². The minimum absolute atomic E-state index is 0.0108. The van der Waals surface area contributed by atoms with Gasteiger partial charge < -0.3 is 19.2 Å². The fraction of sp³-hybridized carbons (Fsp3) is 0.667. The van der Waals surface area contributed by atoms with Gasteiger partial charge in [0.2, 0.25) is 0 Å². The first-order valence-corrected chi connectivity index (χ1v) is 14.5. The van der Waals surface area contributed by atoms with Gasteiger partial charge in [-0.2, -0.15) is 0 Å². The summed E-state index contributed by atoms with van der Waals surface area (Å²) in [5.74, 6) is 0.191. The van der Waals surface area contributed by atoms with Crippen molar-refractivity contribution in [3.8, 4) is 5.75 Å². The van der Waals surface area contributed by atoms with Gasteiger partial charge in [-0.3, -0.25) is 4.90 Å². The molecule has 0 aliphatic carbocycles. The predicted octanol–water partition coefficient (Wildman–Crippen LogP) is 6.08. The van der Waals surface area contributed by atoms with Crippen LogP contribution in [0.25, 0.3) is 0 Å². The van der Waals surface area contributed by atoms with Crippen molar-refractivity contribution in [3.63, 3.8) is 0 Å². The number of likely N-dealkylation sites (tertiary alicyclic amines) is 1. The standard InChI is InChI=1S/C24H39ClN2O5Si/c1-22(2,3)31-21(29)27-15-17(14-24(27,7)20(28)30-8)26-18-12-11-16(25)13-19(18)32-33(9,10)23(4,5)6/h11-13,17,26H,14-15H2,1-10H3/t17-,24+/m0/s1. The summed E-state index contributed by atoms with van der Waals surface area (Å²) >= 11 is 6.29. The van der Waals surface area contributed by atoms with Crippen LogP contribution in [0.2, 0.25) is 23.2 Å². The summed E-state index contributed by atoms with van der Waals surface area (Å²) in [5.41, 5.74) is -1.06. The molecule has 9 heteroatoms. The quantitative estimate of drug-likeness (QED) is 0.391. The van der Waals surface area contributed by atoms with Crippen molar-refractivity contribution in [2.75, 3.05) is 19.0 Å². The van der Waals surface area contributed by atoms with E-state index in [0.717, 1.165) is 5.69 Å². The molecule has 1 saturated heterocycles. The Morgan fingerprint density at radius 3 is 2.30 bits per heavy atom. The van der Waals surface area contributed by atoms with Crippen LogP contribution in [0.5, 0.6) is 5.75 Å². The van der Waals surface area contributed by atoms with Crippen LogP contribution >= 0.6 is 11.6 Å². The number of esters is 1. The molecule has 0 radical (unpaired) electrons. The molecule has 1 aromatic carbocycles. The number of anilines is 1. The van der Waals surface area contributed by atoms with Gasteiger partial charge in [0.1, 0.15) is 16.9 Å². The van der Waals surface area contributed by atoms with E-state index in [1.807, 2.05) is 12.1 Å². The number of hydrogen-bond acceptors (Lipinski definition) is 6. The van der Waals surface area contributed by atoms with Crippen molar-refractivity contribution >= 4 is 37.7 Å². The third-order valence-corrected chi connectivity index (χ3v) is 10.9. The van der Waals surface area contributed by atoms with Crippen LogP contribution in [0.4, 0.5) is 10.5 Å². The summed E-state index contributed by atoms with van der Waals surface area (Å²) in [6.45, 7) is 18.2. The van der Waals surface area contributed by atoms with Crippen molar-refractivity contribution in [3.05, 3.63) is 23.2 Å². The number of ether oxygens (including phenoxy) is 2. The van der Waals surface area contributed by atoms with E-state index in [9.17, 15) is 9.59 Å². The zero-order valence-corrected chi connectivity index (χ0v) is 23.3. The first kappa shape index (κ1) is 27.3. The molecule has 0 bridgehead atoms. The highest BCUT2D eigenvalue weighted by molar-refractivity contribution is 6.74. The van der Waals surface area contributed by atoms with E-state index in [4.69, 9.17) is 25.5 Å². The van der Waals surface area contributed by atoms with Crippen LogP contribution in [0, 0.1) is 0 Å². The number of nitrogens with zero attached hydrogens (tertiary/aromatic N) is 1. The van der Waals surface area contributed by atoms with Gasteiger partial charge in [-0.15, -0.1) is 0 Å². The summed E-state index contributed by atoms with van der Waals surface area (Å²) in [4.78, 5) is 27.1. The molecule has 0 spiro atoms. The molecule has 33 heavy (non-hydrogen) atoms. The maximum atomic E-state index is 12.9. The number of methoxy groups -OCH3 is 1. The molecule has 1 amide bonds. The molecule has 1 N–H and O–H groups in total. The maximum Gasteiger partial charge on any atom is 0.411 e. The molecular weight excluding hydrogens is 460 g/mol. The second kappa shape index (κ2) is 9.37. The van der Waals surface area contributed by atoms with Gasteiger partial charge in [-0.1, -0.05) is 32.4 Å². The third kappa shape index (κ3) is 6.35. The Bertz CT molecular complexity index is 894. The second-order valence-corrected chi connectivity index (χ2v) is 16.6. The van der Waals surface area contributed by atoms with Gasteiger partial charge in [0.15, 0.2) is 0 Å². The lowest BCUT2D eigenvalue weighted by molar-refractivity contribution is -0.152. The zero-order chi connectivity index (χ0) is 25.4. The highest BCUT2D eigenvalue weighted by Gasteiger charge is 2.52. The number of benzene rings is 1. The Morgan fingerprint density at radius 2 is 1.79 bits per heavy atom. The Hall–Kier alpha value is -1.93. The molecule has 0 unspecified atom stereocenters. The molecular formula is C24H39ClN2O5Si. The van der Waals surface area contributed by atoms with Crippen molar-refractivity contribution in [2.24, 2.45) is 0 Å². The molecule has 0 saturated carbocycles. The first-order chi connectivity index (χ1) is 14.9. The Kier molecular flexibility index (Phi) is 7.76. The van der Waals surface area contributed by atoms with Gasteiger partial charge in [-0.25, -0.2) is 9.59 Å². The SMILES string of the molecule is COC(=O)[C@@]1(C)C[C@H](Nc2ccc(Cl)cc2O[Si](C)(C)C(C)(C)C)CN1C(=O)OC(C)(C)C. The van der Waals surface area contributed by atoms with Gasteiger partial charge in [0.05, 0.1) is 12.8 Å². The molecule has 0 aromatic heterocycles. The average molecular weight is 499 g/mol. The average Bonchev–Trinajstić information content (AvgIpc) is 2.98. The fourth-order valence-electron chi connectivity index (χ4n) is 3.53. The van der Waals surface area contributed by atoms with Crippen LogP contribution in [0.3, 0.4) is 0 Å². The molecule has 1 aromatic rings. The van der Waals surface area contributed by atoms with E-state index in [0.29, 0.717) is 17.2 Å². The molecule has 1 fully saturated rings. The van der Waals surface area contributed by atoms with E-state index in [1.54, 1.807) is 33.8 Å². The normalized spacial score (nSPS) is 21.5. The highest BCUT2D eigenvalue weighted by atomic mass is 35.5. The minimum Gasteiger partial charge on any atom is -0.542 e. The Morgan fingerprint density at radius 1 is 1.18 bits per heavy atom. The number of amides is 1. The number of rotatable bonds is 5. The summed E-state index contributed by atoms with van der Waals surface area (Å²) < 4.78 is 17.1. The molecule has 2 rings (SSSR count). The van der Waals surface area contributed by atoms with E-state index in [-0.39, 0.29) is 17.6 Å². The Balaban J connectivity index is 2.34. The molecule has 1 aliphatic heterocycles. The van der Waals surface area contributed by atoms with Crippen LogP contribution in [-0.4, -0.2) is 56.1 Å². The second-order valence-electron chi connectivity index (χ2n) is 11.4. The van der Waals surface area contributed by atoms with Crippen LogP contribution in [0.1, 0.15) is 54.9 Å². The lowest BCUT2D eigenvalue weighted by Gasteiger charge is -2.37. The van der Waals surface area contributed by atoms with E-state index >= 15 is 0 Å². The van der Waals surface area contributed by atoms with E-state index in [2.05, 4.69) is 39.2 Å². The lowest BCUT2D eigenvalue weighted by Crippen LogP contribution is -2.52. The smallest absolute Gasteiger partial charge is 0.411 e. The van der Waals surface area contributed by atoms with Gasteiger partial charge in [0.25, 0.3) is 8.32 Å². The van der Waals surface area contributed by atoms with Gasteiger partial charge in [0, 0.05) is 24.0 Å². The summed E-state index contributed by atoms with van der Waals surface area (Å²) in [6, 6.07) is 5.26. The number of nitrogens with one attached hydrogen (secondary N) is 1. The topological polar surface area (TPSA) is 77.1 Å². The molecule has 1 aliphatic rings. The van der Waals surface area contributed by atoms with E-state index in [1.165, 1.54) is 12.0 Å². The Labute approximate surface area is 204 Å². The number of halogens is 1. The monoisotopic (exact) mass is 498 g/mol. The van der Waals surface area contributed by atoms with Crippen LogP contribution in [-0.2, 0) is 14.3 Å². The predicted molar refractivity (Wildman–Crippen MR) is 135 cm³/mol. The maximum absolute atomic E-state index is 12.9. The summed E-state index contributed by atoms with van der Waals surface area (Å²) in [7, 11) is -0.798. The number of carbonyl (C=O) groups is 2. The van der Waals surface area contributed by atoms with Crippen molar-refractivity contribution < 1.29 is 23.5 Å². The molecule has 7 nitrogen and oxygen atoms in total. The highest BCUT2D eigenvalue weighted by Crippen LogP contribution is 2.41. The molecule has 186 valence electrons. The van der Waals surface area contributed by atoms with Gasteiger partial charge >= 0.3 is 12.1 Å². The minimum atomic E-state index is -2.12. The molecule has 1 heterocycles. The van der Waals surface area contributed by atoms with Crippen molar-refractivity contribution in [1.82, 2.24) is 4.90 Å². The number of carbonyl (C=O) groups excluding carboxylic acids is 2. The van der Waals surface area contributed by atoms with Crippen LogP contribution < -0.4 is 9.74 Å². The number of hydrogen-bond donors (Lipinski definition) is 1. The van der Waals surface area contributed by atoms with Crippen molar-refractivity contribution in [1.29, 1.82) is 0 Å². The first-order valence-electron chi connectivity index (χ1n) is 11.2. The third-order valence-electron chi connectivity index (χ3n) is 6.36. The van der Waals surface area contributed by atoms with E-state index < -0.39 is 31.5 Å². The summed E-state index contributed by atoms with van der Waals surface area (Å²) in [6.07, 6.45) is -0.185. The largest absolute Gasteiger partial charge is 0.542 e.